The molecule has 118 valence electrons. The second-order valence-corrected chi connectivity index (χ2v) is 6.67. The van der Waals surface area contributed by atoms with Crippen LogP contribution in [-0.4, -0.2) is 22.7 Å². The van der Waals surface area contributed by atoms with Gasteiger partial charge in [0.1, 0.15) is 0 Å². The van der Waals surface area contributed by atoms with Crippen LogP contribution in [0.25, 0.3) is 0 Å². The first kappa shape index (κ1) is 15.6. The van der Waals surface area contributed by atoms with Crippen molar-refractivity contribution in [2.45, 2.75) is 24.3 Å². The van der Waals surface area contributed by atoms with Gasteiger partial charge in [0.2, 0.25) is 0 Å². The summed E-state index contributed by atoms with van der Waals surface area (Å²) in [6.07, 6.45) is 0.889. The average molecular weight is 327 g/mol. The number of carboxylic acid groups (broad SMARTS) is 1. The Hall–Kier alpha value is -2.27. The van der Waals surface area contributed by atoms with Gasteiger partial charge in [-0.2, -0.15) is 0 Å². The number of hydrogen-bond acceptors (Lipinski definition) is 3. The highest BCUT2D eigenvalue weighted by atomic mass is 32.2. The van der Waals surface area contributed by atoms with Gasteiger partial charge < -0.3 is 10.4 Å². The van der Waals surface area contributed by atoms with Crippen LogP contribution in [0.5, 0.6) is 0 Å². The van der Waals surface area contributed by atoms with E-state index in [1.807, 2.05) is 18.2 Å². The van der Waals surface area contributed by atoms with Crippen LogP contribution in [0.1, 0.15) is 44.3 Å². The van der Waals surface area contributed by atoms with Crippen molar-refractivity contribution in [3.8, 4) is 0 Å². The molecule has 2 aromatic carbocycles. The maximum atomic E-state index is 12.5. The third-order valence-corrected chi connectivity index (χ3v) is 5.11. The van der Waals surface area contributed by atoms with Gasteiger partial charge in [-0.25, -0.2) is 4.79 Å². The predicted octanol–water partition coefficient (Wildman–Crippen LogP) is 3.66. The van der Waals surface area contributed by atoms with E-state index in [2.05, 4.69) is 11.4 Å². The Morgan fingerprint density at radius 1 is 1.22 bits per heavy atom. The minimum Gasteiger partial charge on any atom is -0.478 e. The minimum absolute atomic E-state index is 0.000550. The Morgan fingerprint density at radius 3 is 2.74 bits per heavy atom. The maximum Gasteiger partial charge on any atom is 0.335 e. The molecule has 1 amide bonds. The molecule has 1 unspecified atom stereocenters. The molecular weight excluding hydrogens is 310 g/mol. The number of carbonyl (C=O) groups excluding carboxylic acids is 1. The molecule has 1 heterocycles. The van der Waals surface area contributed by atoms with Gasteiger partial charge in [0.05, 0.1) is 11.6 Å². The molecule has 0 saturated heterocycles. The lowest BCUT2D eigenvalue weighted by atomic mass is 10.0. The molecule has 0 fully saturated rings. The number of nitrogens with one attached hydrogen (secondary N) is 1. The molecule has 23 heavy (non-hydrogen) atoms. The fraction of sp³-hybridized carbons (Fsp3) is 0.222. The molecule has 0 radical (unpaired) electrons. The summed E-state index contributed by atoms with van der Waals surface area (Å²) < 4.78 is 0. The molecule has 0 aliphatic carbocycles. The second-order valence-electron chi connectivity index (χ2n) is 5.54. The van der Waals surface area contributed by atoms with E-state index in [0.717, 1.165) is 17.7 Å². The van der Waals surface area contributed by atoms with E-state index in [1.165, 1.54) is 11.0 Å². The minimum atomic E-state index is -0.979. The number of rotatable bonds is 3. The van der Waals surface area contributed by atoms with E-state index >= 15 is 0 Å². The summed E-state index contributed by atoms with van der Waals surface area (Å²) in [6, 6.07) is 12.8. The zero-order chi connectivity index (χ0) is 16.4. The highest BCUT2D eigenvalue weighted by Crippen LogP contribution is 2.35. The van der Waals surface area contributed by atoms with Gasteiger partial charge in [-0.3, -0.25) is 4.79 Å². The summed E-state index contributed by atoms with van der Waals surface area (Å²) in [7, 11) is 0. The molecule has 2 N–H and O–H groups in total. The van der Waals surface area contributed by atoms with Gasteiger partial charge in [-0.1, -0.05) is 18.2 Å². The number of amides is 1. The monoisotopic (exact) mass is 327 g/mol. The standard InChI is InChI=1S/C18H17NO3S/c1-11-10-12(6-7-13(11)18(21)22)17(20)19-15-8-9-23-16-5-3-2-4-14(15)16/h2-7,10,15H,8-9H2,1H3,(H,19,20)(H,21,22). The van der Waals surface area contributed by atoms with Crippen LogP contribution < -0.4 is 5.32 Å². The molecule has 1 aliphatic rings. The molecule has 5 heteroatoms. The first-order chi connectivity index (χ1) is 11.1. The van der Waals surface area contributed by atoms with Crippen LogP contribution in [0.2, 0.25) is 0 Å². The third kappa shape index (κ3) is 3.24. The lowest BCUT2D eigenvalue weighted by Gasteiger charge is -2.26. The number of aryl methyl sites for hydroxylation is 1. The van der Waals surface area contributed by atoms with Crippen molar-refractivity contribution >= 4 is 23.6 Å². The van der Waals surface area contributed by atoms with Crippen molar-refractivity contribution in [3.63, 3.8) is 0 Å². The quantitative estimate of drug-likeness (QED) is 0.903. The van der Waals surface area contributed by atoms with Gasteiger partial charge in [0, 0.05) is 16.2 Å². The van der Waals surface area contributed by atoms with Gasteiger partial charge in [-0.05, 0) is 48.7 Å². The molecule has 3 rings (SSSR count). The fourth-order valence-electron chi connectivity index (χ4n) is 2.78. The predicted molar refractivity (Wildman–Crippen MR) is 90.1 cm³/mol. The lowest BCUT2D eigenvalue weighted by Crippen LogP contribution is -2.30. The number of hydrogen-bond donors (Lipinski definition) is 2. The van der Waals surface area contributed by atoms with E-state index in [9.17, 15) is 9.59 Å². The Morgan fingerprint density at radius 2 is 2.00 bits per heavy atom. The Balaban J connectivity index is 1.80. The van der Waals surface area contributed by atoms with Crippen LogP contribution in [-0.2, 0) is 0 Å². The zero-order valence-corrected chi connectivity index (χ0v) is 13.5. The van der Waals surface area contributed by atoms with Crippen molar-refractivity contribution in [2.75, 3.05) is 5.75 Å². The summed E-state index contributed by atoms with van der Waals surface area (Å²) in [6.45, 7) is 1.70. The number of carboxylic acids is 1. The highest BCUT2D eigenvalue weighted by molar-refractivity contribution is 7.99. The largest absolute Gasteiger partial charge is 0.478 e. The lowest BCUT2D eigenvalue weighted by molar-refractivity contribution is 0.0695. The highest BCUT2D eigenvalue weighted by Gasteiger charge is 2.22. The van der Waals surface area contributed by atoms with Crippen LogP contribution in [0.15, 0.2) is 47.4 Å². The van der Waals surface area contributed by atoms with Gasteiger partial charge in [0.15, 0.2) is 0 Å². The number of carbonyl (C=O) groups is 2. The first-order valence-corrected chi connectivity index (χ1v) is 8.41. The van der Waals surface area contributed by atoms with E-state index in [4.69, 9.17) is 5.11 Å². The van der Waals surface area contributed by atoms with Crippen LogP contribution in [0.4, 0.5) is 0 Å². The van der Waals surface area contributed by atoms with Gasteiger partial charge >= 0.3 is 5.97 Å². The summed E-state index contributed by atoms with van der Waals surface area (Å²) in [5.41, 5.74) is 2.45. The molecule has 1 atom stereocenters. The van der Waals surface area contributed by atoms with E-state index in [0.29, 0.717) is 11.1 Å². The second kappa shape index (κ2) is 6.46. The first-order valence-electron chi connectivity index (χ1n) is 7.43. The van der Waals surface area contributed by atoms with E-state index in [-0.39, 0.29) is 17.5 Å². The Bertz CT molecular complexity index is 773. The number of aromatic carboxylic acids is 1. The topological polar surface area (TPSA) is 66.4 Å². The normalized spacial score (nSPS) is 16.5. The summed E-state index contributed by atoms with van der Waals surface area (Å²) in [5, 5.41) is 12.1. The molecule has 0 bridgehead atoms. The molecule has 4 nitrogen and oxygen atoms in total. The van der Waals surface area contributed by atoms with E-state index < -0.39 is 5.97 Å². The van der Waals surface area contributed by atoms with E-state index in [1.54, 1.807) is 30.8 Å². The van der Waals surface area contributed by atoms with Gasteiger partial charge in [-0.15, -0.1) is 11.8 Å². The molecule has 1 aliphatic heterocycles. The van der Waals surface area contributed by atoms with Crippen molar-refractivity contribution in [1.29, 1.82) is 0 Å². The van der Waals surface area contributed by atoms with Gasteiger partial charge in [0.25, 0.3) is 5.91 Å². The molecule has 0 spiro atoms. The average Bonchev–Trinajstić information content (AvgIpc) is 2.54. The van der Waals surface area contributed by atoms with Crippen molar-refractivity contribution in [2.24, 2.45) is 0 Å². The van der Waals surface area contributed by atoms with Crippen molar-refractivity contribution in [3.05, 3.63) is 64.7 Å². The molecule has 0 aromatic heterocycles. The maximum absolute atomic E-state index is 12.5. The van der Waals surface area contributed by atoms with Crippen molar-refractivity contribution in [1.82, 2.24) is 5.32 Å². The third-order valence-electron chi connectivity index (χ3n) is 3.98. The molecule has 0 saturated carbocycles. The van der Waals surface area contributed by atoms with Crippen molar-refractivity contribution < 1.29 is 14.7 Å². The molecular formula is C18H17NO3S. The molecule has 2 aromatic rings. The summed E-state index contributed by atoms with van der Waals surface area (Å²) in [5.74, 6) is -0.178. The SMILES string of the molecule is Cc1cc(C(=O)NC2CCSc3ccccc32)ccc1C(=O)O. The fourth-order valence-corrected chi connectivity index (χ4v) is 3.90. The zero-order valence-electron chi connectivity index (χ0n) is 12.7. The number of thioether (sulfide) groups is 1. The Kier molecular flexibility index (Phi) is 4.39. The summed E-state index contributed by atoms with van der Waals surface area (Å²) in [4.78, 5) is 24.8. The van der Waals surface area contributed by atoms with Crippen LogP contribution >= 0.6 is 11.8 Å². The summed E-state index contributed by atoms with van der Waals surface area (Å²) >= 11 is 1.81. The Labute approximate surface area is 138 Å². The van der Waals surface area contributed by atoms with Crippen LogP contribution in [0, 0.1) is 6.92 Å². The smallest absolute Gasteiger partial charge is 0.335 e. The number of fused-ring (bicyclic) bond motifs is 1. The number of benzene rings is 2. The van der Waals surface area contributed by atoms with Crippen LogP contribution in [0.3, 0.4) is 0 Å².